The van der Waals surface area contributed by atoms with Gasteiger partial charge in [-0.25, -0.2) is 4.39 Å². The molecule has 4 rings (SSSR count). The molecular formula is C20H20FN2O2S+. The Morgan fingerprint density at radius 1 is 1.15 bits per heavy atom. The predicted octanol–water partition coefficient (Wildman–Crippen LogP) is 3.06. The molecule has 3 N–H and O–H groups in total. The van der Waals surface area contributed by atoms with Crippen LogP contribution in [-0.2, 0) is 16.6 Å². The molecule has 6 heteroatoms. The summed E-state index contributed by atoms with van der Waals surface area (Å²) in [5.74, 6) is 2.99. The molecule has 1 saturated heterocycles. The molecule has 0 aliphatic carbocycles. The van der Waals surface area contributed by atoms with E-state index in [-0.39, 0.29) is 5.56 Å². The van der Waals surface area contributed by atoms with Crippen LogP contribution in [0.25, 0.3) is 22.3 Å². The third-order valence-corrected chi connectivity index (χ3v) is 6.90. The van der Waals surface area contributed by atoms with E-state index >= 15 is 0 Å². The summed E-state index contributed by atoms with van der Waals surface area (Å²) >= 11 is 0. The smallest absolute Gasteiger partial charge is 0.252 e. The second-order valence-corrected chi connectivity index (χ2v) is 8.79. The van der Waals surface area contributed by atoms with Crippen molar-refractivity contribution < 1.29 is 13.6 Å². The van der Waals surface area contributed by atoms with E-state index in [0.29, 0.717) is 27.6 Å². The number of fused-ring (bicyclic) bond motifs is 1. The molecule has 0 spiro atoms. The van der Waals surface area contributed by atoms with E-state index in [1.807, 2.05) is 12.1 Å². The summed E-state index contributed by atoms with van der Waals surface area (Å²) in [5, 5.41) is 3.93. The van der Waals surface area contributed by atoms with Gasteiger partial charge in [0.1, 0.15) is 34.4 Å². The van der Waals surface area contributed by atoms with Crippen molar-refractivity contribution >= 4 is 27.8 Å². The monoisotopic (exact) mass is 371 g/mol. The molecule has 0 unspecified atom stereocenters. The highest BCUT2D eigenvalue weighted by Gasteiger charge is 2.22. The zero-order valence-corrected chi connectivity index (χ0v) is 15.1. The SMILES string of the molecule is NC(=O)c1cc(F)cc2cc(-c3ccc(C[S+]4CCNCC4)cc3)oc12. The molecule has 134 valence electrons. The molecule has 0 radical (unpaired) electrons. The largest absolute Gasteiger partial charge is 0.455 e. The molecule has 0 saturated carbocycles. The number of benzene rings is 2. The fourth-order valence-electron chi connectivity index (χ4n) is 3.25. The van der Waals surface area contributed by atoms with Crippen LogP contribution in [0.4, 0.5) is 4.39 Å². The Kier molecular flexibility index (Phi) is 4.70. The Balaban J connectivity index is 1.61. The van der Waals surface area contributed by atoms with E-state index in [0.717, 1.165) is 30.5 Å². The van der Waals surface area contributed by atoms with Crippen LogP contribution >= 0.6 is 0 Å². The van der Waals surface area contributed by atoms with Crippen molar-refractivity contribution in [2.75, 3.05) is 24.6 Å². The number of halogens is 1. The lowest BCUT2D eigenvalue weighted by Crippen LogP contribution is -2.36. The first-order valence-electron chi connectivity index (χ1n) is 8.57. The van der Waals surface area contributed by atoms with Crippen LogP contribution in [0.15, 0.2) is 46.9 Å². The number of hydrogen-bond acceptors (Lipinski definition) is 3. The molecule has 2 heterocycles. The fourth-order valence-corrected chi connectivity index (χ4v) is 5.27. The Morgan fingerprint density at radius 2 is 1.88 bits per heavy atom. The summed E-state index contributed by atoms with van der Waals surface area (Å²) in [5.41, 5.74) is 7.94. The zero-order valence-electron chi connectivity index (χ0n) is 14.3. The van der Waals surface area contributed by atoms with Gasteiger partial charge in [0, 0.05) is 29.6 Å². The van der Waals surface area contributed by atoms with Gasteiger partial charge in [-0.3, -0.25) is 4.79 Å². The summed E-state index contributed by atoms with van der Waals surface area (Å²) in [4.78, 5) is 11.5. The highest BCUT2D eigenvalue weighted by Crippen LogP contribution is 2.31. The molecule has 1 aliphatic rings. The molecule has 0 atom stereocenters. The maximum atomic E-state index is 13.7. The minimum absolute atomic E-state index is 0.0648. The molecule has 4 nitrogen and oxygen atoms in total. The number of primary amides is 1. The highest BCUT2D eigenvalue weighted by molar-refractivity contribution is 7.96. The Labute approximate surface area is 153 Å². The van der Waals surface area contributed by atoms with Crippen LogP contribution in [0, 0.1) is 5.82 Å². The van der Waals surface area contributed by atoms with Gasteiger partial charge in [-0.1, -0.05) is 24.3 Å². The first kappa shape index (κ1) is 17.1. The van der Waals surface area contributed by atoms with E-state index in [4.69, 9.17) is 10.2 Å². The minimum atomic E-state index is -0.700. The van der Waals surface area contributed by atoms with Crippen molar-refractivity contribution in [3.63, 3.8) is 0 Å². The number of rotatable bonds is 4. The Morgan fingerprint density at radius 3 is 2.58 bits per heavy atom. The van der Waals surface area contributed by atoms with Crippen molar-refractivity contribution in [1.29, 1.82) is 0 Å². The molecule has 1 fully saturated rings. The molecule has 26 heavy (non-hydrogen) atoms. The van der Waals surface area contributed by atoms with Crippen LogP contribution in [0.2, 0.25) is 0 Å². The van der Waals surface area contributed by atoms with Crippen molar-refractivity contribution in [2.24, 2.45) is 5.73 Å². The second kappa shape index (κ2) is 7.13. The van der Waals surface area contributed by atoms with Gasteiger partial charge in [0.2, 0.25) is 0 Å². The third kappa shape index (κ3) is 3.48. The lowest BCUT2D eigenvalue weighted by Gasteiger charge is -2.15. The van der Waals surface area contributed by atoms with E-state index < -0.39 is 11.7 Å². The number of nitrogens with one attached hydrogen (secondary N) is 1. The predicted molar refractivity (Wildman–Crippen MR) is 104 cm³/mol. The van der Waals surface area contributed by atoms with Gasteiger partial charge in [-0.2, -0.15) is 0 Å². The normalized spacial score (nSPS) is 15.4. The highest BCUT2D eigenvalue weighted by atomic mass is 32.2. The molecule has 2 aromatic carbocycles. The van der Waals surface area contributed by atoms with E-state index in [1.165, 1.54) is 23.1 Å². The maximum Gasteiger partial charge on any atom is 0.252 e. The topological polar surface area (TPSA) is 68.3 Å². The van der Waals surface area contributed by atoms with Crippen molar-refractivity contribution in [3.05, 3.63) is 59.4 Å². The summed E-state index contributed by atoms with van der Waals surface area (Å²) in [6, 6.07) is 12.5. The van der Waals surface area contributed by atoms with Crippen LogP contribution in [0.5, 0.6) is 0 Å². The van der Waals surface area contributed by atoms with Gasteiger partial charge in [0.15, 0.2) is 0 Å². The quantitative estimate of drug-likeness (QED) is 0.693. The lowest BCUT2D eigenvalue weighted by molar-refractivity contribution is 0.100. The maximum absolute atomic E-state index is 13.7. The zero-order chi connectivity index (χ0) is 18.1. The van der Waals surface area contributed by atoms with Gasteiger partial charge < -0.3 is 15.5 Å². The van der Waals surface area contributed by atoms with Crippen molar-refractivity contribution in [1.82, 2.24) is 5.32 Å². The van der Waals surface area contributed by atoms with Gasteiger partial charge in [0.05, 0.1) is 5.56 Å². The second-order valence-electron chi connectivity index (χ2n) is 6.46. The van der Waals surface area contributed by atoms with E-state index in [9.17, 15) is 9.18 Å². The van der Waals surface area contributed by atoms with E-state index in [1.54, 1.807) is 6.07 Å². The van der Waals surface area contributed by atoms with Crippen molar-refractivity contribution in [2.45, 2.75) is 5.75 Å². The van der Waals surface area contributed by atoms with Gasteiger partial charge in [-0.15, -0.1) is 0 Å². The molecular weight excluding hydrogens is 351 g/mol. The molecule has 3 aromatic rings. The number of amides is 1. The van der Waals surface area contributed by atoms with E-state index in [2.05, 4.69) is 17.4 Å². The molecule has 1 aliphatic heterocycles. The van der Waals surface area contributed by atoms with Gasteiger partial charge in [0.25, 0.3) is 5.91 Å². The first-order chi connectivity index (χ1) is 12.6. The van der Waals surface area contributed by atoms with Crippen LogP contribution < -0.4 is 11.1 Å². The van der Waals surface area contributed by atoms with Crippen LogP contribution in [0.1, 0.15) is 15.9 Å². The molecule has 0 bridgehead atoms. The molecule has 1 amide bonds. The number of nitrogens with two attached hydrogens (primary N) is 1. The lowest BCUT2D eigenvalue weighted by atomic mass is 10.1. The Hall–Kier alpha value is -2.31. The first-order valence-corrected chi connectivity index (χ1v) is 10.3. The summed E-state index contributed by atoms with van der Waals surface area (Å²) in [6.45, 7) is 2.22. The van der Waals surface area contributed by atoms with Crippen LogP contribution in [0.3, 0.4) is 0 Å². The number of carbonyl (C=O) groups is 1. The average Bonchev–Trinajstić information content (AvgIpc) is 3.06. The van der Waals surface area contributed by atoms with Gasteiger partial charge in [-0.05, 0) is 29.1 Å². The number of furan rings is 1. The fraction of sp³-hybridized carbons (Fsp3) is 0.250. The average molecular weight is 371 g/mol. The van der Waals surface area contributed by atoms with Crippen LogP contribution in [-0.4, -0.2) is 30.5 Å². The standard InChI is InChI=1S/C20H19FN2O2S/c21-16-9-15-10-18(25-19(15)17(11-16)20(22)24)14-3-1-13(2-4-14)12-26-7-5-23-6-8-26/h1-4,9-11,23H,5-8,12H2,(H-,22,24)/p+1. The molecule has 1 aromatic heterocycles. The summed E-state index contributed by atoms with van der Waals surface area (Å²) in [7, 11) is 0.451. The number of carbonyl (C=O) groups excluding carboxylic acids is 1. The summed E-state index contributed by atoms with van der Waals surface area (Å²) < 4.78 is 19.5. The third-order valence-electron chi connectivity index (χ3n) is 4.59. The van der Waals surface area contributed by atoms with Gasteiger partial charge >= 0.3 is 0 Å². The minimum Gasteiger partial charge on any atom is -0.455 e. The Bertz CT molecular complexity index is 946. The van der Waals surface area contributed by atoms with Crippen molar-refractivity contribution in [3.8, 4) is 11.3 Å². The number of hydrogen-bond donors (Lipinski definition) is 2. The summed E-state index contributed by atoms with van der Waals surface area (Å²) in [6.07, 6.45) is 0.